The van der Waals surface area contributed by atoms with E-state index < -0.39 is 6.10 Å². The molecular weight excluding hydrogens is 298 g/mol. The summed E-state index contributed by atoms with van der Waals surface area (Å²) in [5.41, 5.74) is 1.99. The predicted octanol–water partition coefficient (Wildman–Crippen LogP) is 4.29. The summed E-state index contributed by atoms with van der Waals surface area (Å²) < 4.78 is 5.89. The van der Waals surface area contributed by atoms with Gasteiger partial charge in [0.05, 0.1) is 0 Å². The van der Waals surface area contributed by atoms with Gasteiger partial charge >= 0.3 is 0 Å². The number of hydrogen-bond donors (Lipinski definition) is 1. The Morgan fingerprint density at radius 3 is 2.46 bits per heavy atom. The Labute approximate surface area is 145 Å². The number of hydrogen-bond acceptors (Lipinski definition) is 2. The van der Waals surface area contributed by atoms with Gasteiger partial charge in [-0.05, 0) is 56.9 Å². The van der Waals surface area contributed by atoms with Gasteiger partial charge < -0.3 is 10.1 Å². The van der Waals surface area contributed by atoms with Crippen LogP contribution in [0.4, 0.5) is 0 Å². The van der Waals surface area contributed by atoms with Crippen LogP contribution < -0.4 is 10.1 Å². The molecule has 0 saturated carbocycles. The highest BCUT2D eigenvalue weighted by Gasteiger charge is 2.26. The lowest BCUT2D eigenvalue weighted by molar-refractivity contribution is -0.129. The van der Waals surface area contributed by atoms with Gasteiger partial charge in [0.1, 0.15) is 5.75 Å². The van der Waals surface area contributed by atoms with E-state index in [1.165, 1.54) is 5.56 Å². The summed E-state index contributed by atoms with van der Waals surface area (Å²) in [4.78, 5) is 12.6. The number of rotatable bonds is 7. The minimum atomic E-state index is -0.484. The van der Waals surface area contributed by atoms with E-state index in [1.807, 2.05) is 70.2 Å². The zero-order valence-corrected chi connectivity index (χ0v) is 15.0. The average Bonchev–Trinajstić information content (AvgIpc) is 2.52. The Kier molecular flexibility index (Phi) is 6.02. The van der Waals surface area contributed by atoms with Crippen LogP contribution in [0, 0.1) is 6.92 Å². The van der Waals surface area contributed by atoms with Crippen LogP contribution in [-0.2, 0) is 11.2 Å². The minimum absolute atomic E-state index is 0.0695. The van der Waals surface area contributed by atoms with Gasteiger partial charge in [-0.1, -0.05) is 49.4 Å². The highest BCUT2D eigenvalue weighted by atomic mass is 16.5. The van der Waals surface area contributed by atoms with Gasteiger partial charge in [0, 0.05) is 5.54 Å². The summed E-state index contributed by atoms with van der Waals surface area (Å²) in [6.07, 6.45) is 0.920. The van der Waals surface area contributed by atoms with Crippen LogP contribution in [0.5, 0.6) is 5.75 Å². The lowest BCUT2D eigenvalue weighted by atomic mass is 9.94. The van der Waals surface area contributed by atoms with Crippen molar-refractivity contribution in [3.05, 3.63) is 65.7 Å². The summed E-state index contributed by atoms with van der Waals surface area (Å²) in [6.45, 7) is 8.05. The van der Waals surface area contributed by atoms with Crippen LogP contribution in [-0.4, -0.2) is 17.6 Å². The van der Waals surface area contributed by atoms with E-state index in [2.05, 4.69) is 17.4 Å². The number of benzene rings is 2. The summed E-state index contributed by atoms with van der Waals surface area (Å²) in [5.74, 6) is 0.665. The van der Waals surface area contributed by atoms with E-state index >= 15 is 0 Å². The molecular formula is C21H27NO2. The Morgan fingerprint density at radius 2 is 1.83 bits per heavy atom. The van der Waals surface area contributed by atoms with Crippen LogP contribution in [0.1, 0.15) is 38.3 Å². The maximum Gasteiger partial charge on any atom is 0.261 e. The fourth-order valence-electron chi connectivity index (χ4n) is 2.74. The first kappa shape index (κ1) is 18.1. The molecule has 0 radical (unpaired) electrons. The molecule has 0 aliphatic carbocycles. The van der Waals surface area contributed by atoms with E-state index in [-0.39, 0.29) is 11.4 Å². The molecule has 2 aromatic rings. The van der Waals surface area contributed by atoms with Crippen LogP contribution >= 0.6 is 0 Å². The number of ether oxygens (including phenoxy) is 1. The third kappa shape index (κ3) is 5.41. The van der Waals surface area contributed by atoms with E-state index in [0.717, 1.165) is 17.7 Å². The second-order valence-corrected chi connectivity index (χ2v) is 6.87. The predicted molar refractivity (Wildman–Crippen MR) is 98.3 cm³/mol. The molecule has 0 spiro atoms. The third-order valence-corrected chi connectivity index (χ3v) is 3.88. The van der Waals surface area contributed by atoms with Gasteiger partial charge in [-0.2, -0.15) is 0 Å². The third-order valence-electron chi connectivity index (χ3n) is 3.88. The molecule has 1 atom stereocenters. The molecule has 3 heteroatoms. The zero-order valence-electron chi connectivity index (χ0n) is 15.0. The van der Waals surface area contributed by atoms with Crippen molar-refractivity contribution in [3.8, 4) is 5.75 Å². The van der Waals surface area contributed by atoms with E-state index in [1.54, 1.807) is 0 Å². The quantitative estimate of drug-likeness (QED) is 0.824. The first-order valence-electron chi connectivity index (χ1n) is 8.49. The molecule has 1 unspecified atom stereocenters. The smallest absolute Gasteiger partial charge is 0.261 e. The topological polar surface area (TPSA) is 38.3 Å². The van der Waals surface area contributed by atoms with E-state index in [0.29, 0.717) is 6.42 Å². The molecule has 2 aromatic carbocycles. The molecule has 0 aliphatic rings. The molecule has 0 fully saturated rings. The normalized spacial score (nSPS) is 12.5. The Morgan fingerprint density at radius 1 is 1.12 bits per heavy atom. The maximum absolute atomic E-state index is 12.6. The first-order chi connectivity index (χ1) is 11.4. The van der Waals surface area contributed by atoms with E-state index in [4.69, 9.17) is 4.74 Å². The molecule has 1 N–H and O–H groups in total. The van der Waals surface area contributed by atoms with Crippen molar-refractivity contribution in [3.63, 3.8) is 0 Å². The number of carbonyl (C=O) groups is 1. The summed E-state index contributed by atoms with van der Waals surface area (Å²) in [5, 5.41) is 3.13. The van der Waals surface area contributed by atoms with Crippen molar-refractivity contribution >= 4 is 5.91 Å². The second kappa shape index (κ2) is 8.00. The van der Waals surface area contributed by atoms with Crippen molar-refractivity contribution in [2.24, 2.45) is 0 Å². The molecule has 1 amide bonds. The molecule has 2 rings (SSSR count). The highest BCUT2D eigenvalue weighted by molar-refractivity contribution is 5.81. The van der Waals surface area contributed by atoms with Crippen LogP contribution in [0.2, 0.25) is 0 Å². The molecule has 128 valence electrons. The number of carbonyl (C=O) groups excluding carboxylic acids is 1. The minimum Gasteiger partial charge on any atom is -0.481 e. The van der Waals surface area contributed by atoms with E-state index in [9.17, 15) is 4.79 Å². The summed E-state index contributed by atoms with van der Waals surface area (Å²) in [6, 6.07) is 18.0. The number of nitrogens with one attached hydrogen (secondary N) is 1. The average molecular weight is 325 g/mol. The van der Waals surface area contributed by atoms with Gasteiger partial charge in [-0.3, -0.25) is 4.79 Å². The van der Waals surface area contributed by atoms with Crippen LogP contribution in [0.25, 0.3) is 0 Å². The number of aryl methyl sites for hydroxylation is 1. The van der Waals surface area contributed by atoms with Gasteiger partial charge in [-0.15, -0.1) is 0 Å². The standard InChI is InChI=1S/C21H27NO2/c1-5-19(24-18-13-9-10-16(2)14-18)20(23)22-21(3,4)15-17-11-7-6-8-12-17/h6-14,19H,5,15H2,1-4H3,(H,22,23). The Balaban J connectivity index is 2.00. The van der Waals surface area contributed by atoms with Crippen molar-refractivity contribution in [1.29, 1.82) is 0 Å². The second-order valence-electron chi connectivity index (χ2n) is 6.87. The maximum atomic E-state index is 12.6. The van der Waals surface area contributed by atoms with Crippen LogP contribution in [0.3, 0.4) is 0 Å². The molecule has 0 aliphatic heterocycles. The summed E-state index contributed by atoms with van der Waals surface area (Å²) in [7, 11) is 0. The first-order valence-corrected chi connectivity index (χ1v) is 8.49. The number of amides is 1. The Hall–Kier alpha value is -2.29. The molecule has 0 heterocycles. The van der Waals surface area contributed by atoms with Gasteiger partial charge in [-0.25, -0.2) is 0 Å². The van der Waals surface area contributed by atoms with Crippen molar-refractivity contribution < 1.29 is 9.53 Å². The molecule has 3 nitrogen and oxygen atoms in total. The lowest BCUT2D eigenvalue weighted by Crippen LogP contribution is -2.50. The highest BCUT2D eigenvalue weighted by Crippen LogP contribution is 2.17. The van der Waals surface area contributed by atoms with Gasteiger partial charge in [0.15, 0.2) is 6.10 Å². The monoisotopic (exact) mass is 325 g/mol. The van der Waals surface area contributed by atoms with Gasteiger partial charge in [0.2, 0.25) is 0 Å². The van der Waals surface area contributed by atoms with Crippen molar-refractivity contribution in [1.82, 2.24) is 5.32 Å². The van der Waals surface area contributed by atoms with Crippen molar-refractivity contribution in [2.45, 2.75) is 52.2 Å². The summed E-state index contributed by atoms with van der Waals surface area (Å²) >= 11 is 0. The molecule has 24 heavy (non-hydrogen) atoms. The fraction of sp³-hybridized carbons (Fsp3) is 0.381. The lowest BCUT2D eigenvalue weighted by Gasteiger charge is -2.29. The van der Waals surface area contributed by atoms with Crippen molar-refractivity contribution in [2.75, 3.05) is 0 Å². The van der Waals surface area contributed by atoms with Gasteiger partial charge in [0.25, 0.3) is 5.91 Å². The fourth-order valence-corrected chi connectivity index (χ4v) is 2.74. The zero-order chi connectivity index (χ0) is 17.6. The largest absolute Gasteiger partial charge is 0.481 e. The SMILES string of the molecule is CCC(Oc1cccc(C)c1)C(=O)NC(C)(C)Cc1ccccc1. The Bertz CT molecular complexity index is 665. The molecule has 0 aromatic heterocycles. The molecule has 0 bridgehead atoms. The molecule has 0 saturated heterocycles. The van der Waals surface area contributed by atoms with Crippen LogP contribution in [0.15, 0.2) is 54.6 Å².